The van der Waals surface area contributed by atoms with Crippen molar-refractivity contribution in [2.75, 3.05) is 5.75 Å². The van der Waals surface area contributed by atoms with E-state index in [1.807, 2.05) is 0 Å². The van der Waals surface area contributed by atoms with Gasteiger partial charge in [0.1, 0.15) is 11.6 Å². The van der Waals surface area contributed by atoms with E-state index >= 15 is 0 Å². The Morgan fingerprint density at radius 1 is 1.41 bits per heavy atom. The lowest BCUT2D eigenvalue weighted by molar-refractivity contribution is -0.119. The topological polar surface area (TPSA) is 63.2 Å². The van der Waals surface area contributed by atoms with Gasteiger partial charge in [-0.05, 0) is 38.0 Å². The van der Waals surface area contributed by atoms with Crippen LogP contribution in [0, 0.1) is 5.82 Å². The van der Waals surface area contributed by atoms with Crippen molar-refractivity contribution in [3.8, 4) is 0 Å². The molecule has 1 atom stereocenters. The van der Waals surface area contributed by atoms with Gasteiger partial charge in [0.15, 0.2) is 9.84 Å². The molecule has 1 aromatic carbocycles. The first-order valence-electron chi connectivity index (χ1n) is 7.25. The monoisotopic (exact) mass is 347 g/mol. The van der Waals surface area contributed by atoms with Gasteiger partial charge in [0, 0.05) is 10.6 Å². The molecular weight excluding hydrogens is 329 g/mol. The molecule has 7 heteroatoms. The minimum absolute atomic E-state index is 0.235. The van der Waals surface area contributed by atoms with Gasteiger partial charge in [0.2, 0.25) is 5.91 Å². The van der Waals surface area contributed by atoms with Gasteiger partial charge in [0.25, 0.3) is 0 Å². The summed E-state index contributed by atoms with van der Waals surface area (Å²) in [4.78, 5) is 11.9. The van der Waals surface area contributed by atoms with Crippen LogP contribution in [-0.2, 0) is 14.6 Å². The van der Waals surface area contributed by atoms with E-state index in [0.717, 1.165) is 12.8 Å². The van der Waals surface area contributed by atoms with Crippen molar-refractivity contribution in [1.82, 2.24) is 5.32 Å². The first kappa shape index (κ1) is 17.2. The molecule has 0 aromatic heterocycles. The van der Waals surface area contributed by atoms with Gasteiger partial charge in [-0.15, -0.1) is 0 Å². The minimum atomic E-state index is -3.44. The Morgan fingerprint density at radius 2 is 2.05 bits per heavy atom. The van der Waals surface area contributed by atoms with Crippen molar-refractivity contribution in [2.24, 2.45) is 0 Å². The summed E-state index contributed by atoms with van der Waals surface area (Å²) in [7, 11) is -3.44. The van der Waals surface area contributed by atoms with Gasteiger partial charge < -0.3 is 5.32 Å². The van der Waals surface area contributed by atoms with Crippen LogP contribution in [0.3, 0.4) is 0 Å². The Labute approximate surface area is 135 Å². The highest BCUT2D eigenvalue weighted by Gasteiger charge is 2.31. The second-order valence-corrected chi connectivity index (χ2v) is 8.39. The van der Waals surface area contributed by atoms with Crippen molar-refractivity contribution < 1.29 is 17.6 Å². The van der Waals surface area contributed by atoms with E-state index in [9.17, 15) is 17.6 Å². The molecule has 122 valence electrons. The summed E-state index contributed by atoms with van der Waals surface area (Å²) < 4.78 is 38.0. The summed E-state index contributed by atoms with van der Waals surface area (Å²) in [6, 6.07) is 3.41. The molecule has 1 saturated carbocycles. The van der Waals surface area contributed by atoms with Crippen LogP contribution in [0.4, 0.5) is 4.39 Å². The highest BCUT2D eigenvalue weighted by molar-refractivity contribution is 7.92. The summed E-state index contributed by atoms with van der Waals surface area (Å²) in [5.41, 5.74) is 0.235. The lowest BCUT2D eigenvalue weighted by Gasteiger charge is -2.17. The molecule has 1 aliphatic rings. The van der Waals surface area contributed by atoms with Crippen molar-refractivity contribution in [3.63, 3.8) is 0 Å². The molecule has 1 N–H and O–H groups in total. The maximum atomic E-state index is 13.7. The van der Waals surface area contributed by atoms with Gasteiger partial charge in [-0.2, -0.15) is 0 Å². The molecule has 1 fully saturated rings. The van der Waals surface area contributed by atoms with E-state index in [4.69, 9.17) is 11.6 Å². The van der Waals surface area contributed by atoms with Crippen LogP contribution >= 0.6 is 11.6 Å². The molecule has 0 bridgehead atoms. The van der Waals surface area contributed by atoms with E-state index in [-0.39, 0.29) is 5.56 Å². The van der Waals surface area contributed by atoms with Crippen LogP contribution in [-0.4, -0.2) is 25.3 Å². The Kier molecular flexibility index (Phi) is 5.45. The fourth-order valence-electron chi connectivity index (χ4n) is 2.76. The Balaban J connectivity index is 2.00. The molecular formula is C15H19ClFNO3S. The van der Waals surface area contributed by atoms with Gasteiger partial charge in [-0.25, -0.2) is 12.8 Å². The minimum Gasteiger partial charge on any atom is -0.349 e. The Hall–Kier alpha value is -1.14. The molecule has 0 unspecified atom stereocenters. The number of hydrogen-bond acceptors (Lipinski definition) is 3. The predicted molar refractivity (Wildman–Crippen MR) is 84.0 cm³/mol. The van der Waals surface area contributed by atoms with E-state index < -0.39 is 38.6 Å². The van der Waals surface area contributed by atoms with Gasteiger partial charge in [-0.3, -0.25) is 4.79 Å². The summed E-state index contributed by atoms with van der Waals surface area (Å²) in [5, 5.41) is 2.46. The molecule has 1 aliphatic carbocycles. The molecule has 0 radical (unpaired) electrons. The zero-order chi connectivity index (χ0) is 16.3. The molecule has 0 spiro atoms. The third-order valence-electron chi connectivity index (χ3n) is 3.94. The van der Waals surface area contributed by atoms with Crippen LogP contribution in [0.2, 0.25) is 5.02 Å². The van der Waals surface area contributed by atoms with E-state index in [2.05, 4.69) is 5.32 Å². The van der Waals surface area contributed by atoms with Crippen molar-refractivity contribution in [1.29, 1.82) is 0 Å². The lowest BCUT2D eigenvalue weighted by atomic mass is 10.1. The third kappa shape index (κ3) is 4.20. The maximum Gasteiger partial charge on any atom is 0.235 e. The fourth-order valence-corrected chi connectivity index (χ4v) is 4.67. The molecule has 1 aromatic rings. The first-order valence-corrected chi connectivity index (χ1v) is 9.35. The van der Waals surface area contributed by atoms with Crippen LogP contribution in [0.5, 0.6) is 0 Å². The number of halogens is 2. The standard InChI is InChI=1S/C15H19ClFNO3S/c1-10(13-8-11(16)6-7-14(13)17)18-15(19)9-22(20,21)12-4-2-3-5-12/h6-8,10,12H,2-5,9H2,1H3,(H,18,19)/t10-/m1/s1. The van der Waals surface area contributed by atoms with Crippen molar-refractivity contribution >= 4 is 27.3 Å². The number of hydrogen-bond donors (Lipinski definition) is 1. The number of sulfone groups is 1. The predicted octanol–water partition coefficient (Wildman–Crippen LogP) is 3.01. The third-order valence-corrected chi connectivity index (χ3v) is 6.33. The largest absolute Gasteiger partial charge is 0.349 e. The summed E-state index contributed by atoms with van der Waals surface area (Å²) in [6.45, 7) is 1.59. The second kappa shape index (κ2) is 6.96. The molecule has 0 heterocycles. The zero-order valence-corrected chi connectivity index (χ0v) is 13.9. The summed E-state index contributed by atoms with van der Waals surface area (Å²) >= 11 is 5.81. The Bertz CT molecular complexity index is 657. The van der Waals surface area contributed by atoms with E-state index in [1.165, 1.54) is 18.2 Å². The first-order chi connectivity index (χ1) is 10.3. The van der Waals surface area contributed by atoms with E-state index in [0.29, 0.717) is 17.9 Å². The SMILES string of the molecule is C[C@@H](NC(=O)CS(=O)(=O)C1CCCC1)c1cc(Cl)ccc1F. The molecule has 2 rings (SSSR count). The van der Waals surface area contributed by atoms with Crippen LogP contribution in [0.1, 0.15) is 44.2 Å². The lowest BCUT2D eigenvalue weighted by Crippen LogP contribution is -2.35. The second-order valence-electron chi connectivity index (χ2n) is 5.67. The highest BCUT2D eigenvalue weighted by atomic mass is 35.5. The zero-order valence-electron chi connectivity index (χ0n) is 12.3. The number of nitrogens with one attached hydrogen (secondary N) is 1. The molecule has 1 amide bonds. The maximum absolute atomic E-state index is 13.7. The molecule has 4 nitrogen and oxygen atoms in total. The normalized spacial score (nSPS) is 17.4. The summed E-state index contributed by atoms with van der Waals surface area (Å²) in [6.07, 6.45) is 3.01. The van der Waals surface area contributed by atoms with E-state index in [1.54, 1.807) is 6.92 Å². The number of carbonyl (C=O) groups excluding carboxylic acids is 1. The quantitative estimate of drug-likeness (QED) is 0.890. The number of benzene rings is 1. The van der Waals surface area contributed by atoms with Gasteiger partial charge in [0.05, 0.1) is 11.3 Å². The number of amides is 1. The Morgan fingerprint density at radius 3 is 2.68 bits per heavy atom. The van der Waals surface area contributed by atoms with Crippen molar-refractivity contribution in [3.05, 3.63) is 34.6 Å². The van der Waals surface area contributed by atoms with Gasteiger partial charge in [-0.1, -0.05) is 24.4 Å². The highest BCUT2D eigenvalue weighted by Crippen LogP contribution is 2.25. The molecule has 0 saturated heterocycles. The van der Waals surface area contributed by atoms with Crippen molar-refractivity contribution in [2.45, 2.75) is 43.9 Å². The average molecular weight is 348 g/mol. The smallest absolute Gasteiger partial charge is 0.235 e. The molecule has 22 heavy (non-hydrogen) atoms. The fraction of sp³-hybridized carbons (Fsp3) is 0.533. The van der Waals surface area contributed by atoms with Gasteiger partial charge >= 0.3 is 0 Å². The number of rotatable bonds is 5. The number of carbonyl (C=O) groups is 1. The average Bonchev–Trinajstić information content (AvgIpc) is 2.95. The van der Waals surface area contributed by atoms with Crippen LogP contribution in [0.25, 0.3) is 0 Å². The molecule has 0 aliphatic heterocycles. The van der Waals surface area contributed by atoms with Crippen LogP contribution < -0.4 is 5.32 Å². The summed E-state index contributed by atoms with van der Waals surface area (Å²) in [5.74, 6) is -1.65. The van der Waals surface area contributed by atoms with Crippen LogP contribution in [0.15, 0.2) is 18.2 Å².